The predicted octanol–water partition coefficient (Wildman–Crippen LogP) is 1.85. The van der Waals surface area contributed by atoms with Crippen molar-refractivity contribution >= 4 is 28.7 Å². The third-order valence-corrected chi connectivity index (χ3v) is 1.82. The molecule has 0 heterocycles. The Morgan fingerprint density at radius 3 is 2.38 bits per heavy atom. The van der Waals surface area contributed by atoms with E-state index in [4.69, 9.17) is 11.6 Å². The second-order valence-corrected chi connectivity index (χ2v) is 3.28. The molecule has 0 N–H and O–H groups in total. The van der Waals surface area contributed by atoms with E-state index in [0.29, 0.717) is 5.02 Å². The van der Waals surface area contributed by atoms with Gasteiger partial charge < -0.3 is 4.18 Å². The Labute approximate surface area is 82.8 Å². The van der Waals surface area contributed by atoms with Gasteiger partial charge in [-0.15, -0.1) is 0 Å². The second-order valence-electron chi connectivity index (χ2n) is 2.18. The molecule has 1 aromatic rings. The fourth-order valence-corrected chi connectivity index (χ4v) is 1.02. The second kappa shape index (κ2) is 4.89. The highest BCUT2D eigenvalue weighted by atomic mass is 35.5. The van der Waals surface area contributed by atoms with E-state index in [-0.39, 0.29) is 0 Å². The molecule has 0 aromatic heterocycles. The van der Waals surface area contributed by atoms with Crippen LogP contribution in [0.1, 0.15) is 5.56 Å². The van der Waals surface area contributed by atoms with Gasteiger partial charge >= 0.3 is 0 Å². The molecule has 1 rings (SSSR count). The molecule has 0 aliphatic carbocycles. The van der Waals surface area contributed by atoms with Crippen LogP contribution in [0, 0.1) is 0 Å². The van der Waals surface area contributed by atoms with E-state index < -0.39 is 11.0 Å². The van der Waals surface area contributed by atoms with Crippen LogP contribution in [0.25, 0.3) is 6.08 Å². The fraction of sp³-hybridized carbons (Fsp3) is 0. The Morgan fingerprint density at radius 1 is 1.23 bits per heavy atom. The molecule has 70 valence electrons. The van der Waals surface area contributed by atoms with Crippen molar-refractivity contribution in [2.75, 3.05) is 0 Å². The number of rotatable bonds is 3. The van der Waals surface area contributed by atoms with Crippen LogP contribution >= 0.6 is 11.6 Å². The number of hydrogen-bond acceptors (Lipinski definition) is 3. The molecule has 1 aromatic carbocycles. The minimum atomic E-state index is -2.82. The third kappa shape index (κ3) is 3.96. The lowest BCUT2D eigenvalue weighted by molar-refractivity contribution is 0.469. The fourth-order valence-electron chi connectivity index (χ4n) is 0.733. The summed E-state index contributed by atoms with van der Waals surface area (Å²) in [4.78, 5) is 0. The lowest BCUT2D eigenvalue weighted by Gasteiger charge is -1.92. The molecule has 0 atom stereocenters. The summed E-state index contributed by atoms with van der Waals surface area (Å²) >= 11 is 5.64. The number of benzene rings is 1. The van der Waals surface area contributed by atoms with Crippen LogP contribution in [-0.4, -0.2) is 8.42 Å². The zero-order valence-corrected chi connectivity index (χ0v) is 8.16. The van der Waals surface area contributed by atoms with E-state index in [9.17, 15) is 8.42 Å². The van der Waals surface area contributed by atoms with Gasteiger partial charge in [0, 0.05) is 5.02 Å². The minimum Gasteiger partial charge on any atom is -0.392 e. The largest absolute Gasteiger partial charge is 0.392 e. The van der Waals surface area contributed by atoms with Crippen LogP contribution in [0.2, 0.25) is 5.02 Å². The van der Waals surface area contributed by atoms with Gasteiger partial charge in [-0.3, -0.25) is 0 Å². The summed E-state index contributed by atoms with van der Waals surface area (Å²) in [5.41, 5.74) is 0.821. The van der Waals surface area contributed by atoms with Gasteiger partial charge in [0.05, 0.1) is 0 Å². The molecule has 0 spiro atoms. The Kier molecular flexibility index (Phi) is 3.79. The van der Waals surface area contributed by atoms with Crippen LogP contribution in [0.4, 0.5) is 0 Å². The normalized spacial score (nSPS) is 10.9. The molecular weight excluding hydrogens is 212 g/mol. The van der Waals surface area contributed by atoms with E-state index in [0.717, 1.165) is 11.8 Å². The quantitative estimate of drug-likeness (QED) is 0.622. The zero-order valence-electron chi connectivity index (χ0n) is 6.51. The van der Waals surface area contributed by atoms with E-state index in [1.807, 2.05) is 0 Å². The molecule has 0 aliphatic heterocycles. The van der Waals surface area contributed by atoms with E-state index in [1.54, 1.807) is 24.3 Å². The average molecular weight is 219 g/mol. The van der Waals surface area contributed by atoms with Crippen LogP contribution < -0.4 is 0 Å². The lowest BCUT2D eigenvalue weighted by Crippen LogP contribution is -1.76. The summed E-state index contributed by atoms with van der Waals surface area (Å²) in [5, 5.41) is 0.632. The molecule has 0 amide bonds. The molecule has 0 unspecified atom stereocenters. The van der Waals surface area contributed by atoms with Crippen LogP contribution in [0.5, 0.6) is 0 Å². The van der Waals surface area contributed by atoms with Crippen molar-refractivity contribution in [1.82, 2.24) is 0 Å². The molecule has 5 heteroatoms. The molecule has 0 fully saturated rings. The van der Waals surface area contributed by atoms with Gasteiger partial charge in [-0.2, -0.15) is 8.42 Å². The molecular formula is C8H7ClO3S. The molecule has 3 nitrogen and oxygen atoms in total. The van der Waals surface area contributed by atoms with Crippen LogP contribution in [0.3, 0.4) is 0 Å². The third-order valence-electron chi connectivity index (χ3n) is 1.28. The smallest absolute Gasteiger partial charge is 0.298 e. The van der Waals surface area contributed by atoms with Crippen molar-refractivity contribution < 1.29 is 12.6 Å². The van der Waals surface area contributed by atoms with Crippen LogP contribution in [-0.2, 0) is 15.2 Å². The molecule has 0 radical (unpaired) electrons. The maximum atomic E-state index is 9.99. The molecule has 0 saturated carbocycles. The SMILES string of the molecule is O=[SH](=O)OC=Cc1ccc(Cl)cc1. The standard InChI is InChI=1S/C8H7ClO3S/c9-8-3-1-7(2-4-8)5-6-12-13(10)11/h1-6,13H. The van der Waals surface area contributed by atoms with Gasteiger partial charge in [0.1, 0.15) is 6.26 Å². The van der Waals surface area contributed by atoms with Crippen molar-refractivity contribution in [1.29, 1.82) is 0 Å². The van der Waals surface area contributed by atoms with Crippen LogP contribution in [0.15, 0.2) is 30.5 Å². The summed E-state index contributed by atoms with van der Waals surface area (Å²) in [7, 11) is -2.82. The maximum absolute atomic E-state index is 9.99. The minimum absolute atomic E-state index is 0.632. The van der Waals surface area contributed by atoms with Gasteiger partial charge in [-0.25, -0.2) is 0 Å². The first kappa shape index (κ1) is 10.1. The van der Waals surface area contributed by atoms with Crippen molar-refractivity contribution in [3.05, 3.63) is 41.1 Å². The maximum Gasteiger partial charge on any atom is 0.298 e. The van der Waals surface area contributed by atoms with Crippen molar-refractivity contribution in [3.8, 4) is 0 Å². The van der Waals surface area contributed by atoms with Gasteiger partial charge in [-0.05, 0) is 23.8 Å². The first-order chi connectivity index (χ1) is 6.18. The Bertz CT molecular complexity index is 359. The predicted molar refractivity (Wildman–Crippen MR) is 51.9 cm³/mol. The van der Waals surface area contributed by atoms with Gasteiger partial charge in [0.25, 0.3) is 11.0 Å². The van der Waals surface area contributed by atoms with E-state index >= 15 is 0 Å². The van der Waals surface area contributed by atoms with Crippen molar-refractivity contribution in [2.24, 2.45) is 0 Å². The monoisotopic (exact) mass is 218 g/mol. The number of halogens is 1. The summed E-state index contributed by atoms with van der Waals surface area (Å²) in [5.74, 6) is 0. The molecule has 0 bridgehead atoms. The van der Waals surface area contributed by atoms with Gasteiger partial charge in [0.2, 0.25) is 0 Å². The van der Waals surface area contributed by atoms with Crippen molar-refractivity contribution in [3.63, 3.8) is 0 Å². The first-order valence-electron chi connectivity index (χ1n) is 3.42. The Hall–Kier alpha value is -1.00. The average Bonchev–Trinajstić information content (AvgIpc) is 2.08. The highest BCUT2D eigenvalue weighted by Gasteiger charge is 1.87. The Morgan fingerprint density at radius 2 is 1.85 bits per heavy atom. The highest BCUT2D eigenvalue weighted by molar-refractivity contribution is 7.67. The summed E-state index contributed by atoms with van der Waals surface area (Å²) in [6.45, 7) is 0. The van der Waals surface area contributed by atoms with Gasteiger partial charge in [-0.1, -0.05) is 23.7 Å². The van der Waals surface area contributed by atoms with E-state index in [2.05, 4.69) is 4.18 Å². The topological polar surface area (TPSA) is 43.4 Å². The number of thiol groups is 1. The summed E-state index contributed by atoms with van der Waals surface area (Å²) in [6, 6.07) is 6.91. The Balaban J connectivity index is 2.64. The summed E-state index contributed by atoms with van der Waals surface area (Å²) < 4.78 is 24.2. The molecule has 13 heavy (non-hydrogen) atoms. The van der Waals surface area contributed by atoms with Crippen molar-refractivity contribution in [2.45, 2.75) is 0 Å². The zero-order chi connectivity index (χ0) is 9.68. The lowest BCUT2D eigenvalue weighted by atomic mass is 10.2. The van der Waals surface area contributed by atoms with E-state index in [1.165, 1.54) is 6.08 Å². The molecule has 0 saturated heterocycles. The molecule has 0 aliphatic rings. The first-order valence-corrected chi connectivity index (χ1v) is 4.89. The highest BCUT2D eigenvalue weighted by Crippen LogP contribution is 2.10. The number of hydrogen-bond donors (Lipinski definition) is 1. The summed E-state index contributed by atoms with van der Waals surface area (Å²) in [6.07, 6.45) is 2.64. The van der Waals surface area contributed by atoms with Gasteiger partial charge in [0.15, 0.2) is 0 Å².